The smallest absolute Gasteiger partial charge is 0.326 e. The van der Waals surface area contributed by atoms with Crippen molar-refractivity contribution in [3.05, 3.63) is 69.8 Å². The number of carbonyl (C=O) groups excluding carboxylic acids is 2. The first-order chi connectivity index (χ1) is 16.6. The molecule has 0 aromatic heterocycles. The van der Waals surface area contributed by atoms with E-state index in [2.05, 4.69) is 5.32 Å². The molecule has 0 saturated heterocycles. The molecule has 1 aliphatic rings. The van der Waals surface area contributed by atoms with Crippen molar-refractivity contribution in [2.24, 2.45) is 5.41 Å². The van der Waals surface area contributed by atoms with E-state index in [0.29, 0.717) is 37.1 Å². The molecule has 0 bridgehead atoms. The zero-order valence-electron chi connectivity index (χ0n) is 20.1. The lowest BCUT2D eigenvalue weighted by Gasteiger charge is -2.24. The van der Waals surface area contributed by atoms with Gasteiger partial charge in [-0.1, -0.05) is 30.3 Å². The molecule has 0 spiro atoms. The minimum atomic E-state index is -1.18. The molecule has 3 rings (SSSR count). The fourth-order valence-corrected chi connectivity index (χ4v) is 4.08. The highest BCUT2D eigenvalue weighted by molar-refractivity contribution is 6.08. The van der Waals surface area contributed by atoms with Crippen LogP contribution >= 0.6 is 0 Å². The number of carbonyl (C=O) groups is 3. The molecule has 35 heavy (non-hydrogen) atoms. The summed E-state index contributed by atoms with van der Waals surface area (Å²) in [6, 6.07) is 12.6. The predicted molar refractivity (Wildman–Crippen MR) is 130 cm³/mol. The molecule has 0 heterocycles. The van der Waals surface area contributed by atoms with Crippen molar-refractivity contribution < 1.29 is 24.4 Å². The van der Waals surface area contributed by atoms with Gasteiger partial charge in [0.1, 0.15) is 11.5 Å². The second kappa shape index (κ2) is 10.5. The van der Waals surface area contributed by atoms with Gasteiger partial charge in [0.05, 0.1) is 4.92 Å². The third-order valence-corrected chi connectivity index (χ3v) is 6.28. The molecule has 0 radical (unpaired) electrons. The number of hydrogen-bond donors (Lipinski definition) is 2. The molecule has 10 heteroatoms. The van der Waals surface area contributed by atoms with E-state index in [0.717, 1.165) is 5.69 Å². The number of rotatable bonds is 11. The maximum absolute atomic E-state index is 12.7. The topological polar surface area (TPSA) is 133 Å². The van der Waals surface area contributed by atoms with Gasteiger partial charge in [-0.3, -0.25) is 19.7 Å². The molecule has 2 N–H and O–H groups in total. The Balaban J connectivity index is 1.70. The van der Waals surface area contributed by atoms with E-state index in [1.54, 1.807) is 44.4 Å². The summed E-state index contributed by atoms with van der Waals surface area (Å²) in [6.07, 6.45) is 0.872. The number of anilines is 1. The van der Waals surface area contributed by atoms with Crippen molar-refractivity contribution in [1.29, 1.82) is 0 Å². The number of nitrogens with one attached hydrogen (secondary N) is 1. The average molecular weight is 483 g/mol. The van der Waals surface area contributed by atoms with E-state index < -0.39 is 28.3 Å². The molecule has 0 aliphatic heterocycles. The number of nitro benzene ring substituents is 1. The molecule has 186 valence electrons. The fourth-order valence-electron chi connectivity index (χ4n) is 4.08. The van der Waals surface area contributed by atoms with Crippen LogP contribution in [0.5, 0.6) is 0 Å². The van der Waals surface area contributed by atoms with Crippen molar-refractivity contribution >= 4 is 29.2 Å². The lowest BCUT2D eigenvalue weighted by atomic mass is 10.0. The molecule has 10 nitrogen and oxygen atoms in total. The normalized spacial score (nSPS) is 14.5. The minimum absolute atomic E-state index is 0.0591. The molecule has 1 fully saturated rings. The quantitative estimate of drug-likeness (QED) is 0.286. The van der Waals surface area contributed by atoms with Crippen LogP contribution in [0.2, 0.25) is 0 Å². The van der Waals surface area contributed by atoms with Crippen molar-refractivity contribution in [2.75, 3.05) is 25.5 Å². The largest absolute Gasteiger partial charge is 0.480 e. The molecule has 0 unspecified atom stereocenters. The number of nitrogens with zero attached hydrogens (tertiary/aromatic N) is 3. The van der Waals surface area contributed by atoms with E-state index in [4.69, 9.17) is 0 Å². The molecule has 1 saturated carbocycles. The molecule has 1 aliphatic carbocycles. The Hall–Kier alpha value is -3.95. The second-order valence-electron chi connectivity index (χ2n) is 8.92. The predicted octanol–water partition coefficient (Wildman–Crippen LogP) is 2.60. The van der Waals surface area contributed by atoms with Crippen LogP contribution in [0.4, 0.5) is 11.4 Å². The fraction of sp³-hybridized carbons (Fsp3) is 0.400. The van der Waals surface area contributed by atoms with Gasteiger partial charge in [0.25, 0.3) is 5.69 Å². The number of para-hydroxylation sites is 1. The van der Waals surface area contributed by atoms with Crippen LogP contribution in [-0.4, -0.2) is 59.4 Å². The Labute approximate surface area is 203 Å². The van der Waals surface area contributed by atoms with Crippen LogP contribution in [0.15, 0.2) is 48.5 Å². The van der Waals surface area contributed by atoms with Gasteiger partial charge in [0, 0.05) is 50.9 Å². The summed E-state index contributed by atoms with van der Waals surface area (Å²) in [7, 11) is 3.14. The Kier molecular flexibility index (Phi) is 7.73. The van der Waals surface area contributed by atoms with Gasteiger partial charge >= 0.3 is 5.97 Å². The summed E-state index contributed by atoms with van der Waals surface area (Å²) < 4.78 is 0. The van der Waals surface area contributed by atoms with Crippen molar-refractivity contribution in [3.8, 4) is 0 Å². The molecule has 2 aromatic rings. The monoisotopic (exact) mass is 482 g/mol. The first kappa shape index (κ1) is 25.7. The van der Waals surface area contributed by atoms with Gasteiger partial charge < -0.3 is 20.2 Å². The number of hydrogen-bond acceptors (Lipinski definition) is 6. The van der Waals surface area contributed by atoms with Crippen LogP contribution in [0, 0.1) is 15.5 Å². The minimum Gasteiger partial charge on any atom is -0.480 e. The Bertz CT molecular complexity index is 1110. The molecular formula is C25H30N4O6. The molecule has 1 atom stereocenters. The summed E-state index contributed by atoms with van der Waals surface area (Å²) >= 11 is 0. The number of carboxylic acids is 1. The van der Waals surface area contributed by atoms with Gasteiger partial charge in [0.2, 0.25) is 11.8 Å². The maximum Gasteiger partial charge on any atom is 0.326 e. The molecular weight excluding hydrogens is 452 g/mol. The highest BCUT2D eigenvalue weighted by Gasteiger charge is 2.57. The lowest BCUT2D eigenvalue weighted by Crippen LogP contribution is -2.49. The van der Waals surface area contributed by atoms with Crippen LogP contribution in [0.1, 0.15) is 30.9 Å². The third-order valence-electron chi connectivity index (χ3n) is 6.28. The standard InChI is InChI=1S/C25H30N4O6/c1-4-28(16-18-7-5-6-8-21(18)29(34)35)19-11-9-17(10-12-19)15-20(22(30)31)26-23(32)25(13-14-25)24(33)27(2)3/h5-12,20H,4,13-16H2,1-3H3,(H,26,32)(H,30,31)/t20-/m0/s1. The van der Waals surface area contributed by atoms with Gasteiger partial charge in [-0.15, -0.1) is 0 Å². The summed E-state index contributed by atoms with van der Waals surface area (Å²) in [5.41, 5.74) is 1.02. The van der Waals surface area contributed by atoms with E-state index in [1.807, 2.05) is 24.0 Å². The van der Waals surface area contributed by atoms with Crippen LogP contribution in [0.3, 0.4) is 0 Å². The van der Waals surface area contributed by atoms with Gasteiger partial charge in [-0.05, 0) is 37.5 Å². The van der Waals surface area contributed by atoms with E-state index in [9.17, 15) is 29.6 Å². The number of nitro groups is 1. The zero-order chi connectivity index (χ0) is 25.8. The lowest BCUT2D eigenvalue weighted by molar-refractivity contribution is -0.385. The Morgan fingerprint density at radius 1 is 1.11 bits per heavy atom. The summed E-state index contributed by atoms with van der Waals surface area (Å²) in [5.74, 6) is -2.05. The van der Waals surface area contributed by atoms with Crippen LogP contribution in [0.25, 0.3) is 0 Å². The summed E-state index contributed by atoms with van der Waals surface area (Å²) in [5, 5.41) is 23.5. The highest BCUT2D eigenvalue weighted by atomic mass is 16.6. The van der Waals surface area contributed by atoms with Gasteiger partial charge in [0.15, 0.2) is 0 Å². The van der Waals surface area contributed by atoms with Crippen LogP contribution < -0.4 is 10.2 Å². The summed E-state index contributed by atoms with van der Waals surface area (Å²) in [6.45, 7) is 2.91. The average Bonchev–Trinajstić information content (AvgIpc) is 3.64. The van der Waals surface area contributed by atoms with Gasteiger partial charge in [-0.2, -0.15) is 0 Å². The van der Waals surface area contributed by atoms with E-state index in [-0.39, 0.29) is 18.0 Å². The number of carboxylic acid groups (broad SMARTS) is 1. The zero-order valence-corrected chi connectivity index (χ0v) is 20.1. The first-order valence-electron chi connectivity index (χ1n) is 11.4. The Morgan fingerprint density at radius 3 is 2.26 bits per heavy atom. The molecule has 2 amide bonds. The van der Waals surface area contributed by atoms with E-state index in [1.165, 1.54) is 11.0 Å². The first-order valence-corrected chi connectivity index (χ1v) is 11.4. The van der Waals surface area contributed by atoms with Crippen molar-refractivity contribution in [2.45, 2.75) is 38.8 Å². The summed E-state index contributed by atoms with van der Waals surface area (Å²) in [4.78, 5) is 51.2. The SMILES string of the molecule is CCN(Cc1ccccc1[N+](=O)[O-])c1ccc(C[C@H](NC(=O)C2(C(=O)N(C)C)CC2)C(=O)O)cc1. The van der Waals surface area contributed by atoms with E-state index >= 15 is 0 Å². The highest BCUT2D eigenvalue weighted by Crippen LogP contribution is 2.47. The number of amides is 2. The maximum atomic E-state index is 12.7. The third kappa shape index (κ3) is 5.76. The van der Waals surface area contributed by atoms with Crippen molar-refractivity contribution in [1.82, 2.24) is 10.2 Å². The second-order valence-corrected chi connectivity index (χ2v) is 8.92. The van der Waals surface area contributed by atoms with Crippen LogP contribution in [-0.2, 0) is 27.3 Å². The molecule has 2 aromatic carbocycles. The Morgan fingerprint density at radius 2 is 1.74 bits per heavy atom. The number of benzene rings is 2. The van der Waals surface area contributed by atoms with Crippen molar-refractivity contribution in [3.63, 3.8) is 0 Å². The number of aliphatic carboxylic acids is 1. The van der Waals surface area contributed by atoms with Gasteiger partial charge in [-0.25, -0.2) is 4.79 Å².